The molecule has 0 amide bonds. The zero-order chi connectivity index (χ0) is 14.1. The van der Waals surface area contributed by atoms with E-state index in [2.05, 4.69) is 49.5 Å². The third kappa shape index (κ3) is 7.98. The first-order chi connectivity index (χ1) is 9.01. The number of hydrogen-bond acceptors (Lipinski definition) is 3. The van der Waals surface area contributed by atoms with Gasteiger partial charge in [-0.2, -0.15) is 0 Å². The van der Waals surface area contributed by atoms with Gasteiger partial charge >= 0.3 is 0 Å². The fraction of sp³-hybridized carbons (Fsp3) is 0.867. The molecule has 0 saturated heterocycles. The fourth-order valence-corrected chi connectivity index (χ4v) is 1.94. The molecule has 0 atom stereocenters. The van der Waals surface area contributed by atoms with Gasteiger partial charge in [0.2, 0.25) is 0 Å². The van der Waals surface area contributed by atoms with Crippen molar-refractivity contribution in [3.63, 3.8) is 0 Å². The van der Waals surface area contributed by atoms with Crippen LogP contribution in [0, 0.1) is 0 Å². The first-order valence-corrected chi connectivity index (χ1v) is 7.65. The highest BCUT2D eigenvalue weighted by Crippen LogP contribution is 2.06. The summed E-state index contributed by atoms with van der Waals surface area (Å²) in [5.41, 5.74) is 1.16. The molecule has 1 heterocycles. The molecular formula is C15H30N4. The first-order valence-electron chi connectivity index (χ1n) is 7.65. The molecule has 1 rings (SSSR count). The van der Waals surface area contributed by atoms with Crippen LogP contribution in [-0.2, 0) is 13.1 Å². The van der Waals surface area contributed by atoms with E-state index in [1.807, 2.05) is 4.68 Å². The molecule has 0 radical (unpaired) electrons. The number of hydrogen-bond donors (Lipinski definition) is 1. The van der Waals surface area contributed by atoms with Crippen LogP contribution in [0.3, 0.4) is 0 Å². The molecule has 0 spiro atoms. The van der Waals surface area contributed by atoms with E-state index in [4.69, 9.17) is 0 Å². The summed E-state index contributed by atoms with van der Waals surface area (Å²) in [6, 6.07) is 0. The number of nitrogens with zero attached hydrogens (tertiary/aromatic N) is 3. The average molecular weight is 266 g/mol. The third-order valence-electron chi connectivity index (χ3n) is 3.13. The summed E-state index contributed by atoms with van der Waals surface area (Å²) < 4.78 is 1.97. The van der Waals surface area contributed by atoms with Crippen LogP contribution in [0.2, 0.25) is 0 Å². The maximum absolute atomic E-state index is 4.20. The molecule has 1 aromatic rings. The van der Waals surface area contributed by atoms with E-state index in [9.17, 15) is 0 Å². The van der Waals surface area contributed by atoms with Crippen LogP contribution in [0.25, 0.3) is 0 Å². The Morgan fingerprint density at radius 1 is 1.11 bits per heavy atom. The Hall–Kier alpha value is -0.900. The molecular weight excluding hydrogens is 236 g/mol. The maximum atomic E-state index is 4.20. The highest BCUT2D eigenvalue weighted by Gasteiger charge is 2.09. The van der Waals surface area contributed by atoms with Gasteiger partial charge in [-0.05, 0) is 27.2 Å². The van der Waals surface area contributed by atoms with Gasteiger partial charge in [-0.1, -0.05) is 44.2 Å². The van der Waals surface area contributed by atoms with Crippen LogP contribution < -0.4 is 5.32 Å². The van der Waals surface area contributed by atoms with Gasteiger partial charge < -0.3 is 5.32 Å². The Kier molecular flexibility index (Phi) is 7.06. The molecule has 1 N–H and O–H groups in total. The van der Waals surface area contributed by atoms with E-state index < -0.39 is 0 Å². The van der Waals surface area contributed by atoms with Crippen molar-refractivity contribution < 1.29 is 0 Å². The predicted molar refractivity (Wildman–Crippen MR) is 80.0 cm³/mol. The quantitative estimate of drug-likeness (QED) is 0.695. The molecule has 0 saturated carbocycles. The molecule has 0 bridgehead atoms. The zero-order valence-electron chi connectivity index (χ0n) is 13.1. The van der Waals surface area contributed by atoms with Crippen LogP contribution >= 0.6 is 0 Å². The van der Waals surface area contributed by atoms with Gasteiger partial charge in [0.05, 0.1) is 5.69 Å². The highest BCUT2D eigenvalue weighted by atomic mass is 15.4. The van der Waals surface area contributed by atoms with Gasteiger partial charge in [-0.15, -0.1) is 5.10 Å². The minimum absolute atomic E-state index is 0.128. The molecule has 0 aliphatic heterocycles. The number of rotatable bonds is 9. The number of aryl methyl sites for hydroxylation is 1. The summed E-state index contributed by atoms with van der Waals surface area (Å²) in [5, 5.41) is 11.8. The third-order valence-corrected chi connectivity index (χ3v) is 3.13. The Balaban J connectivity index is 2.16. The predicted octanol–water partition coefficient (Wildman–Crippen LogP) is 3.53. The Labute approximate surface area is 118 Å². The van der Waals surface area contributed by atoms with E-state index in [1.165, 1.54) is 38.5 Å². The normalized spacial score (nSPS) is 12.0. The molecule has 4 nitrogen and oxygen atoms in total. The van der Waals surface area contributed by atoms with Crippen molar-refractivity contribution in [1.82, 2.24) is 20.3 Å². The Morgan fingerprint density at radius 2 is 1.79 bits per heavy atom. The average Bonchev–Trinajstić information content (AvgIpc) is 2.78. The smallest absolute Gasteiger partial charge is 0.0965 e. The van der Waals surface area contributed by atoms with Crippen molar-refractivity contribution in [3.05, 3.63) is 11.9 Å². The van der Waals surface area contributed by atoms with Crippen molar-refractivity contribution in [2.24, 2.45) is 0 Å². The molecule has 0 aliphatic carbocycles. The minimum atomic E-state index is 0.128. The molecule has 0 aromatic carbocycles. The van der Waals surface area contributed by atoms with Gasteiger partial charge in [0.1, 0.15) is 0 Å². The second-order valence-electron chi connectivity index (χ2n) is 6.34. The maximum Gasteiger partial charge on any atom is 0.0965 e. The number of nitrogens with one attached hydrogen (secondary N) is 1. The zero-order valence-corrected chi connectivity index (χ0v) is 13.1. The number of unbranched alkanes of at least 4 members (excludes halogenated alkanes) is 5. The molecule has 1 aromatic heterocycles. The van der Waals surface area contributed by atoms with Crippen LogP contribution in [0.15, 0.2) is 6.20 Å². The standard InChI is InChI=1S/C15H30N4/c1-5-6-7-8-9-10-11-19-13-14(17-18-19)12-16-15(2,3)4/h13,16H,5-12H2,1-4H3. The lowest BCUT2D eigenvalue weighted by Crippen LogP contribution is -2.35. The van der Waals surface area contributed by atoms with Crippen LogP contribution in [0.5, 0.6) is 0 Å². The van der Waals surface area contributed by atoms with Crippen molar-refractivity contribution >= 4 is 0 Å². The summed E-state index contributed by atoms with van der Waals surface area (Å²) in [6.45, 7) is 10.5. The molecule has 0 unspecified atom stereocenters. The highest BCUT2D eigenvalue weighted by molar-refractivity contribution is 4.92. The lowest BCUT2D eigenvalue weighted by Gasteiger charge is -2.19. The summed E-state index contributed by atoms with van der Waals surface area (Å²) in [6.07, 6.45) is 9.97. The SMILES string of the molecule is CCCCCCCCn1cc(CNC(C)(C)C)nn1. The van der Waals surface area contributed by atoms with Gasteiger partial charge in [-0.3, -0.25) is 4.68 Å². The van der Waals surface area contributed by atoms with E-state index in [1.54, 1.807) is 0 Å². The Bertz CT molecular complexity index is 338. The van der Waals surface area contributed by atoms with E-state index in [0.717, 1.165) is 18.8 Å². The topological polar surface area (TPSA) is 42.7 Å². The lowest BCUT2D eigenvalue weighted by atomic mass is 10.1. The van der Waals surface area contributed by atoms with E-state index in [0.29, 0.717) is 0 Å². The largest absolute Gasteiger partial charge is 0.306 e. The van der Waals surface area contributed by atoms with Crippen molar-refractivity contribution in [2.75, 3.05) is 0 Å². The van der Waals surface area contributed by atoms with Crippen LogP contribution in [0.1, 0.15) is 71.9 Å². The van der Waals surface area contributed by atoms with Crippen molar-refractivity contribution in [2.45, 2.75) is 84.8 Å². The molecule has 110 valence electrons. The van der Waals surface area contributed by atoms with E-state index >= 15 is 0 Å². The summed E-state index contributed by atoms with van der Waals surface area (Å²) in [5.74, 6) is 0. The monoisotopic (exact) mass is 266 g/mol. The fourth-order valence-electron chi connectivity index (χ4n) is 1.94. The Morgan fingerprint density at radius 3 is 2.47 bits per heavy atom. The second kappa shape index (κ2) is 8.31. The van der Waals surface area contributed by atoms with Gasteiger partial charge in [-0.25, -0.2) is 0 Å². The summed E-state index contributed by atoms with van der Waals surface area (Å²) in [7, 11) is 0. The van der Waals surface area contributed by atoms with Gasteiger partial charge in [0.15, 0.2) is 0 Å². The minimum Gasteiger partial charge on any atom is -0.306 e. The van der Waals surface area contributed by atoms with Gasteiger partial charge in [0, 0.05) is 24.8 Å². The van der Waals surface area contributed by atoms with Crippen molar-refractivity contribution in [3.8, 4) is 0 Å². The molecule has 19 heavy (non-hydrogen) atoms. The van der Waals surface area contributed by atoms with Crippen LogP contribution in [-0.4, -0.2) is 20.5 Å². The number of aromatic nitrogens is 3. The summed E-state index contributed by atoms with van der Waals surface area (Å²) >= 11 is 0. The molecule has 0 aliphatic rings. The second-order valence-corrected chi connectivity index (χ2v) is 6.34. The first kappa shape index (κ1) is 16.2. The van der Waals surface area contributed by atoms with Crippen LogP contribution in [0.4, 0.5) is 0 Å². The summed E-state index contributed by atoms with van der Waals surface area (Å²) in [4.78, 5) is 0. The molecule has 0 fully saturated rings. The van der Waals surface area contributed by atoms with Gasteiger partial charge in [0.25, 0.3) is 0 Å². The molecule has 4 heteroatoms. The lowest BCUT2D eigenvalue weighted by molar-refractivity contribution is 0.421. The van der Waals surface area contributed by atoms with Crippen molar-refractivity contribution in [1.29, 1.82) is 0 Å². The van der Waals surface area contributed by atoms with E-state index in [-0.39, 0.29) is 5.54 Å².